The fourth-order valence-electron chi connectivity index (χ4n) is 2.10. The van der Waals surface area contributed by atoms with Crippen molar-refractivity contribution in [3.63, 3.8) is 0 Å². The molecule has 0 aliphatic carbocycles. The maximum absolute atomic E-state index is 6.22. The molecule has 1 aromatic heterocycles. The van der Waals surface area contributed by atoms with E-state index in [0.29, 0.717) is 5.25 Å². The van der Waals surface area contributed by atoms with E-state index in [1.54, 1.807) is 0 Å². The van der Waals surface area contributed by atoms with Gasteiger partial charge in [0, 0.05) is 29.6 Å². The summed E-state index contributed by atoms with van der Waals surface area (Å²) in [4.78, 5) is 4.47. The second-order valence-corrected chi connectivity index (χ2v) is 5.78. The number of rotatable bonds is 4. The molecule has 0 aromatic carbocycles. The number of pyridine rings is 1. The molecule has 2 rings (SSSR count). The van der Waals surface area contributed by atoms with Gasteiger partial charge in [0.05, 0.1) is 0 Å². The highest BCUT2D eigenvalue weighted by Gasteiger charge is 2.22. The second kappa shape index (κ2) is 5.69. The van der Waals surface area contributed by atoms with Crippen molar-refractivity contribution >= 4 is 11.8 Å². The van der Waals surface area contributed by atoms with Crippen molar-refractivity contribution in [3.05, 3.63) is 29.6 Å². The van der Waals surface area contributed by atoms with E-state index in [2.05, 4.69) is 24.0 Å². The summed E-state index contributed by atoms with van der Waals surface area (Å²) >= 11 is 2.02. The molecule has 2 unspecified atom stereocenters. The number of nitrogens with two attached hydrogens (primary N) is 1. The van der Waals surface area contributed by atoms with Crippen LogP contribution in [0.1, 0.15) is 31.0 Å². The average molecular weight is 236 g/mol. The first-order valence-electron chi connectivity index (χ1n) is 6.10. The van der Waals surface area contributed by atoms with Gasteiger partial charge in [-0.3, -0.25) is 4.98 Å². The molecule has 3 heteroatoms. The number of nitrogens with zero attached hydrogens (tertiary/aromatic N) is 1. The van der Waals surface area contributed by atoms with Gasteiger partial charge in [0.2, 0.25) is 0 Å². The van der Waals surface area contributed by atoms with Crippen molar-refractivity contribution in [2.45, 2.75) is 43.9 Å². The highest BCUT2D eigenvalue weighted by Crippen LogP contribution is 2.28. The number of thioether (sulfide) groups is 1. The Morgan fingerprint density at radius 2 is 2.44 bits per heavy atom. The van der Waals surface area contributed by atoms with Crippen LogP contribution >= 0.6 is 11.8 Å². The van der Waals surface area contributed by atoms with Crippen molar-refractivity contribution in [1.29, 1.82) is 0 Å². The van der Waals surface area contributed by atoms with E-state index >= 15 is 0 Å². The van der Waals surface area contributed by atoms with Gasteiger partial charge in [-0.2, -0.15) is 11.8 Å². The summed E-state index contributed by atoms with van der Waals surface area (Å²) in [7, 11) is 0. The number of hydrogen-bond donors (Lipinski definition) is 1. The van der Waals surface area contributed by atoms with Gasteiger partial charge in [-0.1, -0.05) is 13.0 Å². The predicted molar refractivity (Wildman–Crippen MR) is 70.8 cm³/mol. The highest BCUT2D eigenvalue weighted by molar-refractivity contribution is 8.00. The maximum Gasteiger partial charge on any atom is 0.0419 e. The standard InChI is InChI=1S/C13H20N2S/c1-2-10-5-6-11(15-9-10)8-12(14)13-4-3-7-16-13/h5-6,9,12-13H,2-4,7-8,14H2,1H3. The van der Waals surface area contributed by atoms with Crippen LogP contribution in [0.5, 0.6) is 0 Å². The van der Waals surface area contributed by atoms with E-state index in [1.807, 2.05) is 18.0 Å². The Kier molecular flexibility index (Phi) is 4.24. The summed E-state index contributed by atoms with van der Waals surface area (Å²) in [5.41, 5.74) is 8.66. The largest absolute Gasteiger partial charge is 0.326 e. The third-order valence-electron chi connectivity index (χ3n) is 3.18. The Labute approximate surface area is 102 Å². The summed E-state index contributed by atoms with van der Waals surface area (Å²) in [5, 5.41) is 0.646. The minimum Gasteiger partial charge on any atom is -0.326 e. The smallest absolute Gasteiger partial charge is 0.0419 e. The zero-order chi connectivity index (χ0) is 11.4. The lowest BCUT2D eigenvalue weighted by atomic mass is 10.0. The molecular weight excluding hydrogens is 216 g/mol. The number of aryl methyl sites for hydroxylation is 1. The molecule has 2 heterocycles. The van der Waals surface area contributed by atoms with Crippen molar-refractivity contribution in [3.8, 4) is 0 Å². The molecular formula is C13H20N2S. The van der Waals surface area contributed by atoms with E-state index in [4.69, 9.17) is 5.73 Å². The van der Waals surface area contributed by atoms with Crippen LogP contribution in [0.4, 0.5) is 0 Å². The highest BCUT2D eigenvalue weighted by atomic mass is 32.2. The van der Waals surface area contributed by atoms with E-state index in [-0.39, 0.29) is 6.04 Å². The Balaban J connectivity index is 1.92. The molecule has 0 spiro atoms. The van der Waals surface area contributed by atoms with Crippen LogP contribution in [-0.4, -0.2) is 22.0 Å². The van der Waals surface area contributed by atoms with Crippen molar-refractivity contribution in [2.75, 3.05) is 5.75 Å². The minimum atomic E-state index is 0.271. The Hall–Kier alpha value is -0.540. The van der Waals surface area contributed by atoms with Gasteiger partial charge in [-0.05, 0) is 36.6 Å². The van der Waals surface area contributed by atoms with E-state index < -0.39 is 0 Å². The summed E-state index contributed by atoms with van der Waals surface area (Å²) in [6.45, 7) is 2.15. The van der Waals surface area contributed by atoms with Crippen LogP contribution in [0.3, 0.4) is 0 Å². The van der Waals surface area contributed by atoms with Crippen LogP contribution in [-0.2, 0) is 12.8 Å². The van der Waals surface area contributed by atoms with Gasteiger partial charge < -0.3 is 5.73 Å². The van der Waals surface area contributed by atoms with Crippen molar-refractivity contribution < 1.29 is 0 Å². The number of aromatic nitrogens is 1. The molecule has 0 bridgehead atoms. The van der Waals surface area contributed by atoms with Crippen LogP contribution in [0, 0.1) is 0 Å². The third kappa shape index (κ3) is 2.98. The van der Waals surface area contributed by atoms with Gasteiger partial charge >= 0.3 is 0 Å². The molecule has 1 saturated heterocycles. The third-order valence-corrected chi connectivity index (χ3v) is 4.72. The van der Waals surface area contributed by atoms with Crippen LogP contribution in [0.25, 0.3) is 0 Å². The van der Waals surface area contributed by atoms with Crippen molar-refractivity contribution in [1.82, 2.24) is 4.98 Å². The monoisotopic (exact) mass is 236 g/mol. The second-order valence-electron chi connectivity index (χ2n) is 4.43. The Morgan fingerprint density at radius 3 is 3.00 bits per heavy atom. The predicted octanol–water partition coefficient (Wildman–Crippen LogP) is 2.41. The lowest BCUT2D eigenvalue weighted by molar-refractivity contribution is 0.602. The van der Waals surface area contributed by atoms with Gasteiger partial charge in [0.25, 0.3) is 0 Å². The maximum atomic E-state index is 6.22. The quantitative estimate of drug-likeness (QED) is 0.872. The molecule has 0 saturated carbocycles. The zero-order valence-corrected chi connectivity index (χ0v) is 10.7. The van der Waals surface area contributed by atoms with Crippen molar-refractivity contribution in [2.24, 2.45) is 5.73 Å². The molecule has 2 atom stereocenters. The molecule has 16 heavy (non-hydrogen) atoms. The molecule has 1 aromatic rings. The molecule has 0 radical (unpaired) electrons. The number of hydrogen-bond acceptors (Lipinski definition) is 3. The van der Waals surface area contributed by atoms with Gasteiger partial charge in [0.15, 0.2) is 0 Å². The Bertz CT molecular complexity index is 317. The van der Waals surface area contributed by atoms with E-state index in [0.717, 1.165) is 18.5 Å². The first-order chi connectivity index (χ1) is 7.79. The van der Waals surface area contributed by atoms with E-state index in [9.17, 15) is 0 Å². The lowest BCUT2D eigenvalue weighted by Crippen LogP contribution is -2.33. The van der Waals surface area contributed by atoms with Crippen LogP contribution < -0.4 is 5.73 Å². The lowest BCUT2D eigenvalue weighted by Gasteiger charge is -2.17. The molecule has 2 nitrogen and oxygen atoms in total. The summed E-state index contributed by atoms with van der Waals surface area (Å²) in [5.74, 6) is 1.28. The Morgan fingerprint density at radius 1 is 1.56 bits per heavy atom. The fourth-order valence-corrected chi connectivity index (χ4v) is 3.41. The summed E-state index contributed by atoms with van der Waals surface area (Å²) in [6, 6.07) is 4.56. The summed E-state index contributed by atoms with van der Waals surface area (Å²) in [6.07, 6.45) is 6.55. The molecule has 2 N–H and O–H groups in total. The normalized spacial score (nSPS) is 22.2. The molecule has 88 valence electrons. The zero-order valence-electron chi connectivity index (χ0n) is 9.86. The van der Waals surface area contributed by atoms with Crippen LogP contribution in [0.15, 0.2) is 18.3 Å². The van der Waals surface area contributed by atoms with Gasteiger partial charge in [-0.15, -0.1) is 0 Å². The average Bonchev–Trinajstić information content (AvgIpc) is 2.83. The minimum absolute atomic E-state index is 0.271. The SMILES string of the molecule is CCc1ccc(CC(N)C2CCCS2)nc1. The van der Waals surface area contributed by atoms with Gasteiger partial charge in [0.1, 0.15) is 0 Å². The van der Waals surface area contributed by atoms with E-state index in [1.165, 1.54) is 24.2 Å². The first kappa shape index (κ1) is 11.9. The van der Waals surface area contributed by atoms with Gasteiger partial charge in [-0.25, -0.2) is 0 Å². The van der Waals surface area contributed by atoms with Crippen LogP contribution in [0.2, 0.25) is 0 Å². The fraction of sp³-hybridized carbons (Fsp3) is 0.615. The topological polar surface area (TPSA) is 38.9 Å². The molecule has 0 amide bonds. The molecule has 1 aliphatic rings. The molecule has 1 aliphatic heterocycles. The first-order valence-corrected chi connectivity index (χ1v) is 7.15. The molecule has 1 fully saturated rings. The summed E-state index contributed by atoms with van der Waals surface area (Å²) < 4.78 is 0.